The third kappa shape index (κ3) is 4.96. The van der Waals surface area contributed by atoms with Crippen molar-refractivity contribution in [3.8, 4) is 5.75 Å². The van der Waals surface area contributed by atoms with Crippen LogP contribution in [0.3, 0.4) is 0 Å². The monoisotopic (exact) mass is 323 g/mol. The topological polar surface area (TPSA) is 38.3 Å². The van der Waals surface area contributed by atoms with E-state index in [1.54, 1.807) is 43.3 Å². The lowest BCUT2D eigenvalue weighted by Crippen LogP contribution is -2.35. The van der Waals surface area contributed by atoms with E-state index in [0.717, 1.165) is 5.56 Å². The molecule has 2 aromatic rings. The van der Waals surface area contributed by atoms with Crippen LogP contribution in [0, 0.1) is 0 Å². The Morgan fingerprint density at radius 2 is 1.86 bits per heavy atom. The summed E-state index contributed by atoms with van der Waals surface area (Å²) >= 11 is 11.7. The average molecular weight is 324 g/mol. The van der Waals surface area contributed by atoms with Crippen LogP contribution >= 0.6 is 23.2 Å². The Balaban J connectivity index is 1.86. The highest BCUT2D eigenvalue weighted by Crippen LogP contribution is 2.18. The van der Waals surface area contributed by atoms with Gasteiger partial charge in [0, 0.05) is 16.6 Å². The van der Waals surface area contributed by atoms with E-state index in [9.17, 15) is 4.79 Å². The Morgan fingerprint density at radius 1 is 1.14 bits per heavy atom. The lowest BCUT2D eigenvalue weighted by atomic mass is 10.2. The number of benzene rings is 2. The van der Waals surface area contributed by atoms with Crippen LogP contribution in [0.4, 0.5) is 0 Å². The number of rotatable bonds is 5. The lowest BCUT2D eigenvalue weighted by molar-refractivity contribution is -0.127. The zero-order valence-corrected chi connectivity index (χ0v) is 13.0. The van der Waals surface area contributed by atoms with Gasteiger partial charge in [-0.3, -0.25) is 4.79 Å². The van der Waals surface area contributed by atoms with Crippen molar-refractivity contribution in [1.82, 2.24) is 5.32 Å². The van der Waals surface area contributed by atoms with Gasteiger partial charge in [-0.05, 0) is 42.8 Å². The van der Waals surface area contributed by atoms with E-state index in [0.29, 0.717) is 22.3 Å². The molecule has 0 spiro atoms. The minimum atomic E-state index is -0.601. The molecule has 0 aromatic heterocycles. The van der Waals surface area contributed by atoms with Crippen molar-refractivity contribution in [2.24, 2.45) is 0 Å². The molecule has 0 aliphatic rings. The number of halogens is 2. The van der Waals surface area contributed by atoms with Crippen LogP contribution in [0.25, 0.3) is 0 Å². The van der Waals surface area contributed by atoms with Gasteiger partial charge < -0.3 is 10.1 Å². The van der Waals surface area contributed by atoms with Gasteiger partial charge in [0.2, 0.25) is 0 Å². The summed E-state index contributed by atoms with van der Waals surface area (Å²) in [5, 5.41) is 4.05. The third-order valence-corrected chi connectivity index (χ3v) is 3.35. The molecule has 0 bridgehead atoms. The Labute approximate surface area is 133 Å². The Hall–Kier alpha value is -1.71. The Bertz CT molecular complexity index is 614. The summed E-state index contributed by atoms with van der Waals surface area (Å²) in [5.74, 6) is 0.376. The molecule has 1 amide bonds. The Morgan fingerprint density at radius 3 is 2.52 bits per heavy atom. The van der Waals surface area contributed by atoms with Gasteiger partial charge in [0.1, 0.15) is 5.75 Å². The fraction of sp³-hybridized carbons (Fsp3) is 0.188. The van der Waals surface area contributed by atoms with E-state index in [1.807, 2.05) is 12.1 Å². The van der Waals surface area contributed by atoms with Crippen molar-refractivity contribution in [1.29, 1.82) is 0 Å². The molecule has 2 aromatic carbocycles. The van der Waals surface area contributed by atoms with E-state index in [2.05, 4.69) is 5.32 Å². The van der Waals surface area contributed by atoms with Crippen molar-refractivity contribution in [3.63, 3.8) is 0 Å². The largest absolute Gasteiger partial charge is 0.481 e. The first-order valence-corrected chi connectivity index (χ1v) is 7.24. The molecule has 1 N–H and O–H groups in total. The number of carbonyl (C=O) groups is 1. The SMILES string of the molecule is CC(Oc1cccc(Cl)c1)C(=O)NCc1ccc(Cl)cc1. The van der Waals surface area contributed by atoms with Gasteiger partial charge in [0.15, 0.2) is 6.10 Å². The first-order valence-electron chi connectivity index (χ1n) is 6.49. The standard InChI is InChI=1S/C16H15Cl2NO2/c1-11(21-15-4-2-3-14(18)9-15)16(20)19-10-12-5-7-13(17)8-6-12/h2-9,11H,10H2,1H3,(H,19,20). The van der Waals surface area contributed by atoms with Crippen LogP contribution in [0.2, 0.25) is 10.0 Å². The molecule has 0 aliphatic heterocycles. The molecule has 110 valence electrons. The quantitative estimate of drug-likeness (QED) is 0.900. The molecule has 3 nitrogen and oxygen atoms in total. The van der Waals surface area contributed by atoms with Gasteiger partial charge in [-0.2, -0.15) is 0 Å². The van der Waals surface area contributed by atoms with Gasteiger partial charge >= 0.3 is 0 Å². The van der Waals surface area contributed by atoms with E-state index < -0.39 is 6.10 Å². The number of hydrogen-bond acceptors (Lipinski definition) is 2. The van der Waals surface area contributed by atoms with E-state index in [-0.39, 0.29) is 5.91 Å². The number of ether oxygens (including phenoxy) is 1. The van der Waals surface area contributed by atoms with E-state index >= 15 is 0 Å². The highest BCUT2D eigenvalue weighted by atomic mass is 35.5. The van der Waals surface area contributed by atoms with Gasteiger partial charge in [0.25, 0.3) is 5.91 Å². The fourth-order valence-corrected chi connectivity index (χ4v) is 2.04. The molecule has 2 rings (SSSR count). The third-order valence-electron chi connectivity index (χ3n) is 2.86. The lowest BCUT2D eigenvalue weighted by Gasteiger charge is -2.15. The molecule has 0 radical (unpaired) electrons. The van der Waals surface area contributed by atoms with Gasteiger partial charge in [-0.25, -0.2) is 0 Å². The smallest absolute Gasteiger partial charge is 0.261 e. The highest BCUT2D eigenvalue weighted by molar-refractivity contribution is 6.30. The summed E-state index contributed by atoms with van der Waals surface area (Å²) in [6.07, 6.45) is -0.601. The molecule has 0 aliphatic carbocycles. The average Bonchev–Trinajstić information content (AvgIpc) is 2.46. The summed E-state index contributed by atoms with van der Waals surface area (Å²) in [4.78, 5) is 12.0. The summed E-state index contributed by atoms with van der Waals surface area (Å²) in [7, 11) is 0. The molecule has 0 heterocycles. The number of hydrogen-bond donors (Lipinski definition) is 1. The van der Waals surface area contributed by atoms with Crippen molar-refractivity contribution < 1.29 is 9.53 Å². The molecule has 1 atom stereocenters. The molecular weight excluding hydrogens is 309 g/mol. The second-order valence-electron chi connectivity index (χ2n) is 4.56. The van der Waals surface area contributed by atoms with Crippen molar-refractivity contribution in [2.45, 2.75) is 19.6 Å². The van der Waals surface area contributed by atoms with Crippen LogP contribution in [0.1, 0.15) is 12.5 Å². The minimum absolute atomic E-state index is 0.190. The summed E-state index contributed by atoms with van der Waals surface area (Å²) in [6.45, 7) is 2.12. The molecule has 21 heavy (non-hydrogen) atoms. The van der Waals surface area contributed by atoms with Crippen LogP contribution in [0.15, 0.2) is 48.5 Å². The number of carbonyl (C=O) groups excluding carboxylic acids is 1. The van der Waals surface area contributed by atoms with E-state index in [4.69, 9.17) is 27.9 Å². The van der Waals surface area contributed by atoms with Crippen molar-refractivity contribution in [3.05, 3.63) is 64.1 Å². The second kappa shape index (κ2) is 7.34. The maximum absolute atomic E-state index is 12.0. The molecule has 0 fully saturated rings. The van der Waals surface area contributed by atoms with Crippen LogP contribution in [-0.4, -0.2) is 12.0 Å². The molecular formula is C16H15Cl2NO2. The maximum Gasteiger partial charge on any atom is 0.261 e. The molecule has 5 heteroatoms. The fourth-order valence-electron chi connectivity index (χ4n) is 1.73. The predicted octanol–water partition coefficient (Wildman–Crippen LogP) is 4.08. The maximum atomic E-state index is 12.0. The highest BCUT2D eigenvalue weighted by Gasteiger charge is 2.14. The molecule has 0 saturated heterocycles. The van der Waals surface area contributed by atoms with Crippen LogP contribution in [0.5, 0.6) is 5.75 Å². The zero-order valence-electron chi connectivity index (χ0n) is 11.5. The zero-order chi connectivity index (χ0) is 15.2. The summed E-state index contributed by atoms with van der Waals surface area (Å²) in [5.41, 5.74) is 0.975. The van der Waals surface area contributed by atoms with E-state index in [1.165, 1.54) is 0 Å². The predicted molar refractivity (Wildman–Crippen MR) is 84.8 cm³/mol. The Kier molecular flexibility index (Phi) is 5.48. The van der Waals surface area contributed by atoms with Gasteiger partial charge in [-0.1, -0.05) is 41.4 Å². The van der Waals surface area contributed by atoms with Crippen LogP contribution < -0.4 is 10.1 Å². The second-order valence-corrected chi connectivity index (χ2v) is 5.43. The van der Waals surface area contributed by atoms with Crippen molar-refractivity contribution >= 4 is 29.1 Å². The number of amides is 1. The van der Waals surface area contributed by atoms with Crippen molar-refractivity contribution in [2.75, 3.05) is 0 Å². The number of nitrogens with one attached hydrogen (secondary N) is 1. The molecule has 0 saturated carbocycles. The summed E-state index contributed by atoms with van der Waals surface area (Å²) < 4.78 is 5.55. The van der Waals surface area contributed by atoms with Gasteiger partial charge in [-0.15, -0.1) is 0 Å². The normalized spacial score (nSPS) is 11.8. The summed E-state index contributed by atoms with van der Waals surface area (Å²) in [6, 6.07) is 14.3. The van der Waals surface area contributed by atoms with Gasteiger partial charge in [0.05, 0.1) is 0 Å². The first-order chi connectivity index (χ1) is 10.0. The minimum Gasteiger partial charge on any atom is -0.481 e. The first kappa shape index (κ1) is 15.7. The molecule has 1 unspecified atom stereocenters. The van der Waals surface area contributed by atoms with Crippen LogP contribution in [-0.2, 0) is 11.3 Å².